The van der Waals surface area contributed by atoms with E-state index in [0.717, 1.165) is 92.2 Å². The summed E-state index contributed by atoms with van der Waals surface area (Å²) in [5, 5.41) is 0. The van der Waals surface area contributed by atoms with E-state index in [1.54, 1.807) is 6.07 Å². The first-order valence-electron chi connectivity index (χ1n) is 21.9. The quantitative estimate of drug-likeness (QED) is 0.0380. The molecule has 1 aromatic carbocycles. The summed E-state index contributed by atoms with van der Waals surface area (Å²) in [7, 11) is -6.12. The van der Waals surface area contributed by atoms with Crippen LogP contribution in [0.25, 0.3) is 0 Å². The molecule has 1 aliphatic rings. The summed E-state index contributed by atoms with van der Waals surface area (Å²) in [5.41, 5.74) is -0.730. The van der Waals surface area contributed by atoms with Crippen LogP contribution in [0.15, 0.2) is 48.6 Å². The highest BCUT2D eigenvalue weighted by Gasteiger charge is 2.48. The van der Waals surface area contributed by atoms with Gasteiger partial charge in [0.25, 0.3) is 0 Å². The molecule has 1 aliphatic carbocycles. The predicted molar refractivity (Wildman–Crippen MR) is 233 cm³/mol. The van der Waals surface area contributed by atoms with Crippen molar-refractivity contribution < 1.29 is 40.7 Å². The van der Waals surface area contributed by atoms with Gasteiger partial charge in [-0.1, -0.05) is 92.7 Å². The Kier molecular flexibility index (Phi) is 22.0. The van der Waals surface area contributed by atoms with Crippen molar-refractivity contribution in [2.45, 2.75) is 193 Å². The number of halogens is 3. The highest BCUT2D eigenvalue weighted by atomic mass is 28.4. The molecule has 1 fully saturated rings. The zero-order valence-electron chi connectivity index (χ0n) is 36.8. The van der Waals surface area contributed by atoms with E-state index in [4.69, 9.17) is 22.8 Å². The largest absolute Gasteiger partial charge is 0.491 e. The number of rotatable bonds is 27. The van der Waals surface area contributed by atoms with E-state index >= 15 is 0 Å². The van der Waals surface area contributed by atoms with E-state index < -0.39 is 42.8 Å². The third-order valence-corrected chi connectivity index (χ3v) is 26.7. The number of ether oxygens (including phenoxy) is 2. The molecule has 0 bridgehead atoms. The zero-order chi connectivity index (χ0) is 42.0. The molecule has 5 atom stereocenters. The average molecular weight is 843 g/mol. The van der Waals surface area contributed by atoms with Gasteiger partial charge in [-0.3, -0.25) is 4.79 Å². The molecule has 0 N–H and O–H groups in total. The monoisotopic (exact) mass is 842 g/mol. The maximum atomic E-state index is 13.6. The summed E-state index contributed by atoms with van der Waals surface area (Å²) in [6.45, 7) is 24.0. The van der Waals surface area contributed by atoms with Crippen LogP contribution >= 0.6 is 0 Å². The maximum absolute atomic E-state index is 13.6. The minimum Gasteiger partial charge on any atom is -0.491 e. The number of carbonyl (C=O) groups excluding carboxylic acids is 1. The number of benzene rings is 1. The third kappa shape index (κ3) is 15.1. The van der Waals surface area contributed by atoms with Crippen molar-refractivity contribution in [2.24, 2.45) is 11.8 Å². The van der Waals surface area contributed by atoms with Crippen molar-refractivity contribution in [1.29, 1.82) is 0 Å². The van der Waals surface area contributed by atoms with Gasteiger partial charge in [0, 0.05) is 12.3 Å². The second-order valence-electron chi connectivity index (χ2n) is 16.0. The van der Waals surface area contributed by atoms with Crippen LogP contribution in [0.2, 0.25) is 54.4 Å². The van der Waals surface area contributed by atoms with Crippen LogP contribution in [0.1, 0.15) is 114 Å². The van der Waals surface area contributed by atoms with E-state index in [0.29, 0.717) is 6.42 Å². The molecule has 0 aliphatic heterocycles. The second kappa shape index (κ2) is 24.4. The van der Waals surface area contributed by atoms with Crippen molar-refractivity contribution in [3.8, 4) is 5.75 Å². The van der Waals surface area contributed by atoms with Gasteiger partial charge < -0.3 is 22.8 Å². The summed E-state index contributed by atoms with van der Waals surface area (Å²) in [5.74, 6) is 0.246. The van der Waals surface area contributed by atoms with Crippen molar-refractivity contribution in [1.82, 2.24) is 0 Å². The molecule has 0 amide bonds. The van der Waals surface area contributed by atoms with Crippen LogP contribution in [-0.4, -0.2) is 61.9 Å². The van der Waals surface area contributed by atoms with Crippen LogP contribution in [0.5, 0.6) is 5.75 Å². The molecule has 6 nitrogen and oxygen atoms in total. The molecule has 0 radical (unpaired) electrons. The van der Waals surface area contributed by atoms with Crippen LogP contribution in [0, 0.1) is 11.8 Å². The molecule has 1 unspecified atom stereocenters. The Morgan fingerprint density at radius 3 is 1.88 bits per heavy atom. The molecule has 0 saturated heterocycles. The number of allylic oxidation sites excluding steroid dienone is 2. The lowest BCUT2D eigenvalue weighted by Gasteiger charge is -2.35. The van der Waals surface area contributed by atoms with Gasteiger partial charge in [-0.05, 0) is 118 Å². The number of esters is 1. The van der Waals surface area contributed by atoms with Crippen LogP contribution in [-0.2, 0) is 29.0 Å². The number of hydrogen-bond acceptors (Lipinski definition) is 6. The van der Waals surface area contributed by atoms with Gasteiger partial charge in [-0.2, -0.15) is 13.2 Å². The summed E-state index contributed by atoms with van der Waals surface area (Å²) in [6, 6.07) is 14.3. The fourth-order valence-corrected chi connectivity index (χ4v) is 16.9. The Bertz CT molecular complexity index is 1300. The van der Waals surface area contributed by atoms with Crippen molar-refractivity contribution in [3.63, 3.8) is 0 Å². The molecule has 0 spiro atoms. The normalized spacial score (nSPS) is 20.4. The topological polar surface area (TPSA) is 63.2 Å². The summed E-state index contributed by atoms with van der Waals surface area (Å²) in [4.78, 5) is 12.1. The lowest BCUT2D eigenvalue weighted by molar-refractivity contribution is -0.147. The molecule has 1 saturated carbocycles. The highest BCUT2D eigenvalue weighted by Crippen LogP contribution is 2.45. The zero-order valence-corrected chi connectivity index (χ0v) is 39.8. The van der Waals surface area contributed by atoms with Gasteiger partial charge in [-0.25, -0.2) is 0 Å². The van der Waals surface area contributed by atoms with Gasteiger partial charge in [0.15, 0.2) is 25.0 Å². The second-order valence-corrected chi connectivity index (χ2v) is 30.2. The summed E-state index contributed by atoms with van der Waals surface area (Å²) >= 11 is 0. The average Bonchev–Trinajstić information content (AvgIpc) is 3.50. The van der Waals surface area contributed by atoms with Gasteiger partial charge in [0.2, 0.25) is 0 Å². The first kappa shape index (κ1) is 50.4. The Morgan fingerprint density at radius 2 is 1.36 bits per heavy atom. The Labute approximate surface area is 342 Å². The summed E-state index contributed by atoms with van der Waals surface area (Å²) in [6.07, 6.45) is 7.50. The lowest BCUT2D eigenvalue weighted by atomic mass is 9.89. The molecule has 322 valence electrons. The van der Waals surface area contributed by atoms with Crippen LogP contribution < -0.4 is 4.74 Å². The standard InChI is InChI=1S/C44H77F3O6Si3/c1-12-54(13-2,14-3)51-38(34-49-37-27-25-26-36(32-37)44(45,46)47)30-31-40-39(28-23-21-22-24-29-43(48)50-35(10)11)41(52-55(15-4,16-5)17-6)33-42(40)53-56(18-7,19-8)20-9/h21,23,25-27,30-32,35,38-42H,12-20,22,24,28-29,33-34H2,1-11H3/t38?,39-,40-,41+,42-/m1/s1. The van der Waals surface area contributed by atoms with E-state index in [9.17, 15) is 18.0 Å². The molecular formula is C44H77F3O6Si3. The van der Waals surface area contributed by atoms with Crippen molar-refractivity contribution in [3.05, 3.63) is 54.1 Å². The number of carbonyl (C=O) groups is 1. The fraction of sp³-hybridized carbons (Fsp3) is 0.750. The van der Waals surface area contributed by atoms with Gasteiger partial charge in [0.05, 0.1) is 30.0 Å². The number of alkyl halides is 3. The molecule has 56 heavy (non-hydrogen) atoms. The molecular weight excluding hydrogens is 766 g/mol. The van der Waals surface area contributed by atoms with Crippen LogP contribution in [0.4, 0.5) is 13.2 Å². The molecule has 0 heterocycles. The van der Waals surface area contributed by atoms with Crippen LogP contribution in [0.3, 0.4) is 0 Å². The molecule has 0 aromatic heterocycles. The minimum atomic E-state index is -4.45. The van der Waals surface area contributed by atoms with Crippen molar-refractivity contribution in [2.75, 3.05) is 6.61 Å². The number of hydrogen-bond donors (Lipinski definition) is 0. The predicted octanol–water partition coefficient (Wildman–Crippen LogP) is 13.5. The lowest BCUT2D eigenvalue weighted by Crippen LogP contribution is -2.42. The SMILES string of the molecule is CC[Si](CC)(CC)OC(C=C[C@@H]1[C@@H](CC=CCCCC(=O)OC(C)C)[C@@H](O[Si](CC)(CC)CC)C[C@H]1O[Si](CC)(CC)CC)COc1cccc(C(F)(F)F)c1. The summed E-state index contributed by atoms with van der Waals surface area (Å²) < 4.78 is 74.0. The smallest absolute Gasteiger partial charge is 0.416 e. The fourth-order valence-electron chi connectivity index (χ4n) is 8.26. The third-order valence-electron chi connectivity index (χ3n) is 12.7. The molecule has 1 aromatic rings. The first-order valence-corrected chi connectivity index (χ1v) is 29.5. The Hall–Kier alpha value is -1.71. The Morgan fingerprint density at radius 1 is 0.804 bits per heavy atom. The number of unbranched alkanes of at least 4 members (excludes halogenated alkanes) is 1. The van der Waals surface area contributed by atoms with Crippen molar-refractivity contribution >= 4 is 30.9 Å². The van der Waals surface area contributed by atoms with E-state index in [1.807, 2.05) is 13.8 Å². The first-order chi connectivity index (χ1) is 26.6. The Balaban J connectivity index is 2.60. The van der Waals surface area contributed by atoms with Gasteiger partial charge in [-0.15, -0.1) is 0 Å². The maximum Gasteiger partial charge on any atom is 0.416 e. The van der Waals surface area contributed by atoms with E-state index in [-0.39, 0.29) is 48.5 Å². The highest BCUT2D eigenvalue weighted by molar-refractivity contribution is 6.74. The van der Waals surface area contributed by atoms with E-state index in [2.05, 4.69) is 86.6 Å². The molecule has 2 rings (SSSR count). The van der Waals surface area contributed by atoms with Gasteiger partial charge in [0.1, 0.15) is 12.4 Å². The van der Waals surface area contributed by atoms with E-state index in [1.165, 1.54) is 6.07 Å². The molecule has 12 heteroatoms. The van der Waals surface area contributed by atoms with Gasteiger partial charge >= 0.3 is 12.1 Å². The minimum absolute atomic E-state index is 0.0141.